The summed E-state index contributed by atoms with van der Waals surface area (Å²) in [5.41, 5.74) is 5.69. The van der Waals surface area contributed by atoms with E-state index in [1.54, 1.807) is 78.7 Å². The Morgan fingerprint density at radius 1 is 0.632 bits per heavy atom. The van der Waals surface area contributed by atoms with Crippen molar-refractivity contribution in [3.63, 3.8) is 0 Å². The van der Waals surface area contributed by atoms with Gasteiger partial charge in [0, 0.05) is 64.9 Å². The molecule has 0 fully saturated rings. The molecule has 0 aliphatic rings. The molecular weight excluding hydrogens is 773 g/mol. The van der Waals surface area contributed by atoms with Gasteiger partial charge < -0.3 is 39.0 Å². The summed E-state index contributed by atoms with van der Waals surface area (Å²) in [6.45, 7) is -5.06. The third-order valence-corrected chi connectivity index (χ3v) is 8.83. The molecule has 4 aromatic carbocycles. The fourth-order valence-electron chi connectivity index (χ4n) is 5.42. The van der Waals surface area contributed by atoms with Gasteiger partial charge in [-0.25, -0.2) is 9.59 Å². The van der Waals surface area contributed by atoms with E-state index in [1.807, 2.05) is 15.9 Å². The van der Waals surface area contributed by atoms with Crippen molar-refractivity contribution in [2.45, 2.75) is 26.3 Å². The van der Waals surface area contributed by atoms with Crippen molar-refractivity contribution in [3.05, 3.63) is 143 Å². The van der Waals surface area contributed by atoms with Gasteiger partial charge >= 0.3 is 25.2 Å². The van der Waals surface area contributed by atoms with Crippen molar-refractivity contribution >= 4 is 46.0 Å². The van der Waals surface area contributed by atoms with E-state index in [1.165, 1.54) is 62.0 Å². The predicted octanol–water partition coefficient (Wildman–Crippen LogP) is 9.52. The molecule has 17 heteroatoms. The third-order valence-electron chi connectivity index (χ3n) is 8.06. The maximum absolute atomic E-state index is 12.6. The van der Waals surface area contributed by atoms with Crippen molar-refractivity contribution in [1.82, 2.24) is 9.97 Å². The molecule has 2 aromatic heterocycles. The molecule has 0 saturated heterocycles. The summed E-state index contributed by atoms with van der Waals surface area (Å²) in [7, 11) is 2.73. The van der Waals surface area contributed by atoms with E-state index < -0.39 is 25.2 Å². The van der Waals surface area contributed by atoms with Crippen molar-refractivity contribution < 1.29 is 56.3 Å². The number of rotatable bonds is 16. The van der Waals surface area contributed by atoms with Crippen LogP contribution in [-0.2, 0) is 13.1 Å². The fraction of sp³-hybridized carbons (Fsp3) is 0.150. The average molecular weight is 807 g/mol. The predicted molar refractivity (Wildman–Crippen MR) is 204 cm³/mol. The highest BCUT2D eigenvalue weighted by Gasteiger charge is 2.19. The summed E-state index contributed by atoms with van der Waals surface area (Å²) >= 11 is 1.47. The number of carbonyl (C=O) groups is 2. The van der Waals surface area contributed by atoms with Gasteiger partial charge in [0.25, 0.3) is 0 Å². The first-order valence-electron chi connectivity index (χ1n) is 16.7. The van der Waals surface area contributed by atoms with Gasteiger partial charge in [0.2, 0.25) is 0 Å². The Kier molecular flexibility index (Phi) is 14.2. The maximum Gasteiger partial charge on any atom is 0.387 e. The molecule has 0 bridgehead atoms. The number of thiazole rings is 1. The number of hydrogen-bond acceptors (Lipinski definition) is 11. The topological polar surface area (TPSA) is 144 Å². The van der Waals surface area contributed by atoms with E-state index >= 15 is 0 Å². The minimum atomic E-state index is -2.97. The zero-order valence-electron chi connectivity index (χ0n) is 30.2. The molecule has 57 heavy (non-hydrogen) atoms. The fourth-order valence-corrected chi connectivity index (χ4v) is 6.00. The molecule has 0 radical (unpaired) electrons. The van der Waals surface area contributed by atoms with Gasteiger partial charge in [0.05, 0.1) is 37.4 Å². The molecule has 0 aliphatic heterocycles. The van der Waals surface area contributed by atoms with Crippen LogP contribution in [0.15, 0.2) is 121 Å². The Morgan fingerprint density at radius 3 is 1.49 bits per heavy atom. The molecule has 6 aromatic rings. The van der Waals surface area contributed by atoms with Crippen LogP contribution in [0.25, 0.3) is 0 Å². The number of carboxylic acids is 2. The minimum absolute atomic E-state index is 0.0692. The molecule has 0 aliphatic carbocycles. The number of anilines is 4. The standard InChI is InChI=1S/C21H18F2N2O4.C19H16F2N2O4S/c1-28-19-11-17(8-9-18(19)29-21(22)23)25(13-14-3-2-10-24-12-14)16-6-4-15(5-7-16)20(26)27;1-26-17-8-14(6-7-16(17)27-19(20)21)23(10-15-9-22-11-28-15)13-4-2-12(3-5-13)18(24)25/h2-12,21H,13H2,1H3,(H,26,27);2-9,11,19H,10H2,1H3,(H,24,25). The van der Waals surface area contributed by atoms with Gasteiger partial charge in [-0.05, 0) is 84.4 Å². The van der Waals surface area contributed by atoms with E-state index in [4.69, 9.17) is 19.7 Å². The van der Waals surface area contributed by atoms with E-state index in [0.29, 0.717) is 30.2 Å². The molecule has 0 saturated carbocycles. The summed E-state index contributed by atoms with van der Waals surface area (Å²) in [5.74, 6) is -1.87. The Balaban J connectivity index is 0.000000218. The highest BCUT2D eigenvalue weighted by atomic mass is 32.1. The first kappa shape index (κ1) is 41.3. The van der Waals surface area contributed by atoms with Crippen molar-refractivity contribution in [2.24, 2.45) is 0 Å². The largest absolute Gasteiger partial charge is 0.493 e. The average Bonchev–Trinajstić information content (AvgIpc) is 3.73. The van der Waals surface area contributed by atoms with E-state index in [-0.39, 0.29) is 34.1 Å². The number of carboxylic acid groups (broad SMARTS) is 2. The van der Waals surface area contributed by atoms with Crippen LogP contribution in [0.1, 0.15) is 31.2 Å². The second kappa shape index (κ2) is 19.6. The lowest BCUT2D eigenvalue weighted by molar-refractivity contribution is -0.0518. The van der Waals surface area contributed by atoms with Crippen molar-refractivity contribution in [1.29, 1.82) is 0 Å². The number of ether oxygens (including phenoxy) is 4. The van der Waals surface area contributed by atoms with Gasteiger partial charge in [-0.15, -0.1) is 11.3 Å². The van der Waals surface area contributed by atoms with Crippen LogP contribution in [0.5, 0.6) is 23.0 Å². The molecule has 296 valence electrons. The molecule has 0 atom stereocenters. The smallest absolute Gasteiger partial charge is 0.387 e. The minimum Gasteiger partial charge on any atom is -0.493 e. The van der Waals surface area contributed by atoms with Crippen LogP contribution >= 0.6 is 11.3 Å². The Bertz CT molecular complexity index is 2220. The Morgan fingerprint density at radius 2 is 1.11 bits per heavy atom. The van der Waals surface area contributed by atoms with Gasteiger partial charge in [-0.2, -0.15) is 17.6 Å². The van der Waals surface area contributed by atoms with Crippen LogP contribution in [0.4, 0.5) is 40.3 Å². The molecule has 0 amide bonds. The second-order valence-corrected chi connectivity index (χ2v) is 12.6. The van der Waals surface area contributed by atoms with E-state index in [2.05, 4.69) is 19.4 Å². The molecule has 0 spiro atoms. The van der Waals surface area contributed by atoms with E-state index in [9.17, 15) is 27.2 Å². The second-order valence-electron chi connectivity index (χ2n) is 11.6. The number of methoxy groups -OCH3 is 2. The monoisotopic (exact) mass is 806 g/mol. The summed E-state index contributed by atoms with van der Waals surface area (Å²) < 4.78 is 69.7. The number of nitrogens with zero attached hydrogens (tertiary/aromatic N) is 4. The Hall–Kier alpha value is -6.88. The molecule has 6 rings (SSSR count). The maximum atomic E-state index is 12.6. The number of pyridine rings is 1. The SMILES string of the molecule is COc1cc(N(Cc2cccnc2)c2ccc(C(=O)O)cc2)ccc1OC(F)F.COc1cc(N(Cc2cncs2)c2ccc(C(=O)O)cc2)ccc1OC(F)F. The van der Waals surface area contributed by atoms with Crippen molar-refractivity contribution in [2.75, 3.05) is 24.0 Å². The number of hydrogen-bond donors (Lipinski definition) is 2. The van der Waals surface area contributed by atoms with Crippen LogP contribution in [-0.4, -0.2) is 59.6 Å². The normalized spacial score (nSPS) is 10.7. The van der Waals surface area contributed by atoms with Crippen molar-refractivity contribution in [3.8, 4) is 23.0 Å². The lowest BCUT2D eigenvalue weighted by atomic mass is 10.1. The summed E-state index contributed by atoms with van der Waals surface area (Å²) in [5, 5.41) is 18.2. The molecule has 2 heterocycles. The van der Waals surface area contributed by atoms with Crippen LogP contribution in [0, 0.1) is 0 Å². The summed E-state index contributed by atoms with van der Waals surface area (Å²) in [4.78, 5) is 35.2. The number of aromatic carboxylic acids is 2. The zero-order chi connectivity index (χ0) is 40.9. The molecule has 0 unspecified atom stereocenters. The lowest BCUT2D eigenvalue weighted by Crippen LogP contribution is -2.17. The highest BCUT2D eigenvalue weighted by molar-refractivity contribution is 7.09. The van der Waals surface area contributed by atoms with Gasteiger partial charge in [-0.3, -0.25) is 9.97 Å². The zero-order valence-corrected chi connectivity index (χ0v) is 31.0. The van der Waals surface area contributed by atoms with E-state index in [0.717, 1.165) is 16.1 Å². The Labute approximate surface area is 327 Å². The first-order chi connectivity index (χ1) is 27.4. The number of alkyl halides is 4. The summed E-state index contributed by atoms with van der Waals surface area (Å²) in [6, 6.07) is 25.7. The molecule has 12 nitrogen and oxygen atoms in total. The number of benzene rings is 4. The summed E-state index contributed by atoms with van der Waals surface area (Å²) in [6.07, 6.45) is 5.11. The molecule has 2 N–H and O–H groups in total. The quantitative estimate of drug-likeness (QED) is 0.0899. The van der Waals surface area contributed by atoms with Crippen LogP contribution < -0.4 is 28.7 Å². The van der Waals surface area contributed by atoms with Gasteiger partial charge in [0.15, 0.2) is 23.0 Å². The van der Waals surface area contributed by atoms with Crippen LogP contribution in [0.2, 0.25) is 0 Å². The highest BCUT2D eigenvalue weighted by Crippen LogP contribution is 2.38. The van der Waals surface area contributed by atoms with Gasteiger partial charge in [0.1, 0.15) is 0 Å². The lowest BCUT2D eigenvalue weighted by Gasteiger charge is -2.26. The number of aromatic nitrogens is 2. The van der Waals surface area contributed by atoms with Gasteiger partial charge in [-0.1, -0.05) is 6.07 Å². The first-order valence-corrected chi connectivity index (χ1v) is 17.6. The van der Waals surface area contributed by atoms with Crippen LogP contribution in [0.3, 0.4) is 0 Å². The molecular formula is C40H34F4N4O8S. The number of halogens is 4. The third kappa shape index (κ3) is 11.3.